The Balaban J connectivity index is 2.42. The summed E-state index contributed by atoms with van der Waals surface area (Å²) in [5.74, 6) is 0. The predicted molar refractivity (Wildman–Crippen MR) is 69.4 cm³/mol. The van der Waals surface area contributed by atoms with E-state index in [9.17, 15) is 13.9 Å². The molecule has 1 N–H and O–H groups in total. The van der Waals surface area contributed by atoms with E-state index in [1.54, 1.807) is 11.3 Å². The molecule has 0 bridgehead atoms. The summed E-state index contributed by atoms with van der Waals surface area (Å²) in [5, 5.41) is 9.91. The summed E-state index contributed by atoms with van der Waals surface area (Å²) in [5.41, 5.74) is 0.0643. The van der Waals surface area contributed by atoms with Crippen LogP contribution in [0.3, 0.4) is 0 Å². The molecule has 0 aliphatic rings. The number of hydrogen-bond acceptors (Lipinski definition) is 3. The number of rotatable bonds is 6. The van der Waals surface area contributed by atoms with Crippen LogP contribution in [0.2, 0.25) is 0 Å². The molecule has 0 aliphatic heterocycles. The summed E-state index contributed by atoms with van der Waals surface area (Å²) < 4.78 is 28.4. The number of aliphatic hydroxyl groups is 1. The molecule has 1 unspecified atom stereocenters. The van der Waals surface area contributed by atoms with Gasteiger partial charge in [-0.2, -0.15) is 0 Å². The maximum Gasteiger partial charge on any atom is 0.261 e. The second-order valence-corrected chi connectivity index (χ2v) is 6.34. The number of thiophene rings is 1. The lowest BCUT2D eigenvalue weighted by molar-refractivity contribution is 0.00515. The highest BCUT2D eigenvalue weighted by Crippen LogP contribution is 2.33. The molecular formula is C13H20F2O2S. The van der Waals surface area contributed by atoms with Crippen LogP contribution in [0, 0.1) is 0 Å². The number of halogens is 2. The van der Waals surface area contributed by atoms with E-state index < -0.39 is 19.1 Å². The van der Waals surface area contributed by atoms with Gasteiger partial charge in [0.15, 0.2) is 0 Å². The van der Waals surface area contributed by atoms with Crippen LogP contribution in [0.15, 0.2) is 12.1 Å². The van der Waals surface area contributed by atoms with Gasteiger partial charge in [-0.3, -0.25) is 0 Å². The molecular weight excluding hydrogens is 258 g/mol. The van der Waals surface area contributed by atoms with Gasteiger partial charge in [0.1, 0.15) is 6.61 Å². The molecule has 0 amide bonds. The van der Waals surface area contributed by atoms with Crippen LogP contribution >= 0.6 is 11.3 Å². The molecule has 0 saturated heterocycles. The van der Waals surface area contributed by atoms with Gasteiger partial charge in [-0.25, -0.2) is 8.78 Å². The van der Waals surface area contributed by atoms with E-state index in [1.807, 2.05) is 12.1 Å². The van der Waals surface area contributed by atoms with Gasteiger partial charge in [0.05, 0.1) is 6.10 Å². The highest BCUT2D eigenvalue weighted by molar-refractivity contribution is 7.12. The summed E-state index contributed by atoms with van der Waals surface area (Å²) in [7, 11) is 0. The van der Waals surface area contributed by atoms with E-state index in [2.05, 4.69) is 20.8 Å². The van der Waals surface area contributed by atoms with Gasteiger partial charge in [0, 0.05) is 22.8 Å². The molecule has 2 nitrogen and oxygen atoms in total. The minimum Gasteiger partial charge on any atom is -0.387 e. The Morgan fingerprint density at radius 3 is 2.50 bits per heavy atom. The molecule has 0 aliphatic carbocycles. The highest BCUT2D eigenvalue weighted by Gasteiger charge is 2.18. The summed E-state index contributed by atoms with van der Waals surface area (Å²) >= 11 is 1.56. The fraction of sp³-hybridized carbons (Fsp3) is 0.692. The predicted octanol–water partition coefficient (Wildman–Crippen LogP) is 3.75. The number of aliphatic hydroxyl groups excluding tert-OH is 1. The van der Waals surface area contributed by atoms with E-state index in [0.717, 1.165) is 4.88 Å². The van der Waals surface area contributed by atoms with Gasteiger partial charge in [0.2, 0.25) is 0 Å². The molecule has 0 spiro atoms. The summed E-state index contributed by atoms with van der Waals surface area (Å²) in [6, 6.07) is 3.90. The molecule has 5 heteroatoms. The zero-order chi connectivity index (χ0) is 13.8. The minimum absolute atomic E-state index is 0.0643. The van der Waals surface area contributed by atoms with Gasteiger partial charge < -0.3 is 9.84 Å². The van der Waals surface area contributed by atoms with E-state index >= 15 is 0 Å². The summed E-state index contributed by atoms with van der Waals surface area (Å²) in [6.07, 6.45) is -2.74. The standard InChI is InChI=1S/C13H20F2O2S/c1-13(2,3)11-5-4-10(18-11)9(16)6-7-17-8-12(14)15/h4-5,9,12,16H,6-8H2,1-3H3. The van der Waals surface area contributed by atoms with Crippen molar-refractivity contribution in [2.24, 2.45) is 0 Å². The Hall–Kier alpha value is -0.520. The fourth-order valence-electron chi connectivity index (χ4n) is 1.44. The monoisotopic (exact) mass is 278 g/mol. The Kier molecular flexibility index (Phi) is 5.69. The maximum atomic E-state index is 11.8. The van der Waals surface area contributed by atoms with Crippen LogP contribution in [0.25, 0.3) is 0 Å². The van der Waals surface area contributed by atoms with E-state index in [0.29, 0.717) is 6.42 Å². The molecule has 0 radical (unpaired) electrons. The SMILES string of the molecule is CC(C)(C)c1ccc(C(O)CCOCC(F)F)s1. The zero-order valence-electron chi connectivity index (χ0n) is 11.0. The van der Waals surface area contributed by atoms with Crippen LogP contribution in [-0.2, 0) is 10.2 Å². The average molecular weight is 278 g/mol. The normalized spacial score (nSPS) is 14.2. The molecule has 1 atom stereocenters. The van der Waals surface area contributed by atoms with Crippen LogP contribution in [0.5, 0.6) is 0 Å². The van der Waals surface area contributed by atoms with Crippen molar-refractivity contribution in [3.63, 3.8) is 0 Å². The first-order valence-electron chi connectivity index (χ1n) is 5.95. The van der Waals surface area contributed by atoms with Gasteiger partial charge in [0.25, 0.3) is 6.43 Å². The van der Waals surface area contributed by atoms with E-state index in [4.69, 9.17) is 4.74 Å². The van der Waals surface area contributed by atoms with Crippen molar-refractivity contribution >= 4 is 11.3 Å². The third kappa shape index (κ3) is 5.00. The van der Waals surface area contributed by atoms with Gasteiger partial charge in [-0.15, -0.1) is 11.3 Å². The van der Waals surface area contributed by atoms with Gasteiger partial charge in [-0.1, -0.05) is 20.8 Å². The molecule has 1 aromatic rings. The molecule has 0 aromatic carbocycles. The topological polar surface area (TPSA) is 29.5 Å². The lowest BCUT2D eigenvalue weighted by atomic mass is 9.95. The van der Waals surface area contributed by atoms with E-state index in [1.165, 1.54) is 4.88 Å². The second kappa shape index (κ2) is 6.59. The zero-order valence-corrected chi connectivity index (χ0v) is 11.8. The largest absolute Gasteiger partial charge is 0.387 e. The van der Waals surface area contributed by atoms with Crippen molar-refractivity contribution in [2.45, 2.75) is 45.1 Å². The van der Waals surface area contributed by atoms with Crippen LogP contribution in [-0.4, -0.2) is 24.7 Å². The number of alkyl halides is 2. The maximum absolute atomic E-state index is 11.8. The van der Waals surface area contributed by atoms with Crippen molar-refractivity contribution in [2.75, 3.05) is 13.2 Å². The third-order valence-electron chi connectivity index (χ3n) is 2.47. The molecule has 0 saturated carbocycles. The van der Waals surface area contributed by atoms with E-state index in [-0.39, 0.29) is 12.0 Å². The Morgan fingerprint density at radius 2 is 2.00 bits per heavy atom. The lowest BCUT2D eigenvalue weighted by Crippen LogP contribution is -2.08. The first-order valence-corrected chi connectivity index (χ1v) is 6.76. The highest BCUT2D eigenvalue weighted by atomic mass is 32.1. The van der Waals surface area contributed by atoms with Crippen molar-refractivity contribution in [3.8, 4) is 0 Å². The van der Waals surface area contributed by atoms with Crippen LogP contribution in [0.1, 0.15) is 43.1 Å². The Morgan fingerprint density at radius 1 is 1.33 bits per heavy atom. The van der Waals surface area contributed by atoms with Crippen molar-refractivity contribution < 1.29 is 18.6 Å². The number of hydrogen-bond donors (Lipinski definition) is 1. The van der Waals surface area contributed by atoms with Crippen molar-refractivity contribution in [1.82, 2.24) is 0 Å². The summed E-state index contributed by atoms with van der Waals surface area (Å²) in [6.45, 7) is 5.92. The second-order valence-electron chi connectivity index (χ2n) is 5.22. The molecule has 104 valence electrons. The molecule has 1 rings (SSSR count). The Bertz CT molecular complexity index is 358. The number of ether oxygens (including phenoxy) is 1. The molecule has 0 fully saturated rings. The smallest absolute Gasteiger partial charge is 0.261 e. The summed E-state index contributed by atoms with van der Waals surface area (Å²) in [4.78, 5) is 2.06. The first kappa shape index (κ1) is 15.5. The van der Waals surface area contributed by atoms with Crippen LogP contribution < -0.4 is 0 Å². The quantitative estimate of drug-likeness (QED) is 0.803. The fourth-order valence-corrected chi connectivity index (χ4v) is 2.53. The van der Waals surface area contributed by atoms with Gasteiger partial charge >= 0.3 is 0 Å². The molecule has 1 heterocycles. The average Bonchev–Trinajstić information content (AvgIpc) is 2.72. The van der Waals surface area contributed by atoms with Crippen molar-refractivity contribution in [1.29, 1.82) is 0 Å². The molecule has 18 heavy (non-hydrogen) atoms. The lowest BCUT2D eigenvalue weighted by Gasteiger charge is -2.15. The minimum atomic E-state index is -2.45. The Labute approximate surface area is 111 Å². The molecule has 1 aromatic heterocycles. The first-order chi connectivity index (χ1) is 8.30. The van der Waals surface area contributed by atoms with Crippen molar-refractivity contribution in [3.05, 3.63) is 21.9 Å². The van der Waals surface area contributed by atoms with Crippen LogP contribution in [0.4, 0.5) is 8.78 Å². The van der Waals surface area contributed by atoms with Gasteiger partial charge in [-0.05, 0) is 17.5 Å². The third-order valence-corrected chi connectivity index (χ3v) is 4.09.